The topological polar surface area (TPSA) is 39.2 Å². The van der Waals surface area contributed by atoms with Crippen molar-refractivity contribution in [1.82, 2.24) is 4.98 Å². The van der Waals surface area contributed by atoms with E-state index in [2.05, 4.69) is 43.1 Å². The van der Waals surface area contributed by atoms with Gasteiger partial charge in [-0.3, -0.25) is 4.98 Å². The SMILES string of the molecule is CC/C=C\CCCCCCCCCCC(CCCCCCCCCC/C=C\CC)OC(=O)c1ccncc1. The minimum Gasteiger partial charge on any atom is -0.459 e. The van der Waals surface area contributed by atoms with Crippen molar-refractivity contribution in [2.45, 2.75) is 161 Å². The Hall–Kier alpha value is -1.90. The molecule has 1 heterocycles. The van der Waals surface area contributed by atoms with Gasteiger partial charge in [-0.05, 0) is 76.3 Å². The van der Waals surface area contributed by atoms with Crippen LogP contribution in [0.25, 0.3) is 0 Å². The molecule has 0 aliphatic rings. The summed E-state index contributed by atoms with van der Waals surface area (Å²) < 4.78 is 5.96. The number of nitrogens with zero attached hydrogens (tertiary/aromatic N) is 1. The Morgan fingerprint density at radius 2 is 1.03 bits per heavy atom. The average molecular weight is 526 g/mol. The summed E-state index contributed by atoms with van der Waals surface area (Å²) in [6.07, 6.45) is 40.2. The first-order chi connectivity index (χ1) is 18.8. The fraction of sp³-hybridized carbons (Fsp3) is 0.714. The Labute approximate surface area is 235 Å². The van der Waals surface area contributed by atoms with Crippen molar-refractivity contribution in [3.63, 3.8) is 0 Å². The molecule has 0 fully saturated rings. The number of carbonyl (C=O) groups excluding carboxylic acids is 1. The Bertz CT molecular complexity index is 663. The molecule has 0 unspecified atom stereocenters. The summed E-state index contributed by atoms with van der Waals surface area (Å²) in [5.41, 5.74) is 0.611. The number of rotatable bonds is 26. The van der Waals surface area contributed by atoms with Gasteiger partial charge in [0.1, 0.15) is 6.10 Å². The van der Waals surface area contributed by atoms with Crippen molar-refractivity contribution in [3.8, 4) is 0 Å². The van der Waals surface area contributed by atoms with Crippen LogP contribution in [-0.2, 0) is 4.74 Å². The van der Waals surface area contributed by atoms with Gasteiger partial charge >= 0.3 is 5.97 Å². The quantitative estimate of drug-likeness (QED) is 0.0685. The summed E-state index contributed by atoms with van der Waals surface area (Å²) in [5, 5.41) is 0. The molecule has 3 heteroatoms. The van der Waals surface area contributed by atoms with Gasteiger partial charge in [0, 0.05) is 12.4 Å². The standard InChI is InChI=1S/C35H59NO2/c1-3-5-7-9-11-13-15-17-19-21-23-25-27-34(38-35(37)33-29-31-36-32-30-33)28-26-24-22-20-18-16-14-12-10-8-6-4-2/h5-8,29-32,34H,3-4,9-28H2,1-2H3/b7-5-,8-6-. The van der Waals surface area contributed by atoms with E-state index >= 15 is 0 Å². The number of allylic oxidation sites excluding steroid dienone is 4. The Morgan fingerprint density at radius 3 is 1.45 bits per heavy atom. The van der Waals surface area contributed by atoms with Crippen molar-refractivity contribution >= 4 is 5.97 Å². The molecule has 216 valence electrons. The molecule has 0 aliphatic carbocycles. The molecule has 1 rings (SSSR count). The fourth-order valence-electron chi connectivity index (χ4n) is 4.93. The van der Waals surface area contributed by atoms with Crippen LogP contribution in [0.5, 0.6) is 0 Å². The summed E-state index contributed by atoms with van der Waals surface area (Å²) in [5.74, 6) is -0.194. The zero-order chi connectivity index (χ0) is 27.4. The lowest BCUT2D eigenvalue weighted by atomic mass is 10.0. The molecule has 0 saturated carbocycles. The maximum absolute atomic E-state index is 12.6. The number of unbranched alkanes of at least 4 members (excludes halogenated alkanes) is 16. The van der Waals surface area contributed by atoms with Crippen LogP contribution in [0.15, 0.2) is 48.8 Å². The first kappa shape index (κ1) is 34.1. The zero-order valence-corrected chi connectivity index (χ0v) is 25.0. The van der Waals surface area contributed by atoms with Crippen LogP contribution in [0.4, 0.5) is 0 Å². The van der Waals surface area contributed by atoms with Crippen molar-refractivity contribution < 1.29 is 9.53 Å². The number of carbonyl (C=O) groups is 1. The van der Waals surface area contributed by atoms with E-state index < -0.39 is 0 Å². The van der Waals surface area contributed by atoms with E-state index in [0.717, 1.165) is 38.5 Å². The van der Waals surface area contributed by atoms with Crippen molar-refractivity contribution in [2.75, 3.05) is 0 Å². The van der Waals surface area contributed by atoms with Crippen molar-refractivity contribution in [3.05, 3.63) is 54.4 Å². The number of hydrogen-bond donors (Lipinski definition) is 0. The first-order valence-electron chi connectivity index (χ1n) is 16.2. The zero-order valence-electron chi connectivity index (χ0n) is 25.0. The molecule has 0 amide bonds. The number of hydrogen-bond acceptors (Lipinski definition) is 3. The number of ether oxygens (including phenoxy) is 1. The normalized spacial score (nSPS) is 11.8. The largest absolute Gasteiger partial charge is 0.459 e. The lowest BCUT2D eigenvalue weighted by Gasteiger charge is -2.18. The van der Waals surface area contributed by atoms with Crippen molar-refractivity contribution in [2.24, 2.45) is 0 Å². The van der Waals surface area contributed by atoms with Gasteiger partial charge in [0.15, 0.2) is 0 Å². The molecule has 0 N–H and O–H groups in total. The molecule has 0 radical (unpaired) electrons. The summed E-state index contributed by atoms with van der Waals surface area (Å²) in [7, 11) is 0. The molecule has 1 aromatic rings. The number of pyridine rings is 1. The second-order valence-electron chi connectivity index (χ2n) is 10.8. The Kier molecular flexibility index (Phi) is 24.0. The highest BCUT2D eigenvalue weighted by Gasteiger charge is 2.15. The highest BCUT2D eigenvalue weighted by Crippen LogP contribution is 2.19. The molecule has 0 aliphatic heterocycles. The second kappa shape index (κ2) is 26.7. The minimum atomic E-state index is -0.194. The fourth-order valence-corrected chi connectivity index (χ4v) is 4.93. The molecular formula is C35H59NO2. The van der Waals surface area contributed by atoms with Crippen LogP contribution in [-0.4, -0.2) is 17.1 Å². The maximum Gasteiger partial charge on any atom is 0.338 e. The molecule has 0 aromatic carbocycles. The molecular weight excluding hydrogens is 466 g/mol. The third kappa shape index (κ3) is 21.1. The molecule has 38 heavy (non-hydrogen) atoms. The van der Waals surface area contributed by atoms with E-state index in [0.29, 0.717) is 5.56 Å². The summed E-state index contributed by atoms with van der Waals surface area (Å²) >= 11 is 0. The van der Waals surface area contributed by atoms with E-state index in [4.69, 9.17) is 4.74 Å². The van der Waals surface area contributed by atoms with E-state index in [-0.39, 0.29) is 12.1 Å². The van der Waals surface area contributed by atoms with Crippen molar-refractivity contribution in [1.29, 1.82) is 0 Å². The van der Waals surface area contributed by atoms with Gasteiger partial charge in [-0.2, -0.15) is 0 Å². The second-order valence-corrected chi connectivity index (χ2v) is 10.8. The van der Waals surface area contributed by atoms with Crippen LogP contribution >= 0.6 is 0 Å². The van der Waals surface area contributed by atoms with Crippen LogP contribution in [0, 0.1) is 0 Å². The highest BCUT2D eigenvalue weighted by atomic mass is 16.5. The smallest absolute Gasteiger partial charge is 0.338 e. The number of esters is 1. The van der Waals surface area contributed by atoms with Gasteiger partial charge in [0.25, 0.3) is 0 Å². The van der Waals surface area contributed by atoms with E-state index in [1.165, 1.54) is 103 Å². The van der Waals surface area contributed by atoms with Gasteiger partial charge < -0.3 is 4.74 Å². The molecule has 0 atom stereocenters. The van der Waals surface area contributed by atoms with E-state index in [1.54, 1.807) is 24.5 Å². The summed E-state index contributed by atoms with van der Waals surface area (Å²) in [6, 6.07) is 3.50. The third-order valence-corrected chi connectivity index (χ3v) is 7.29. The summed E-state index contributed by atoms with van der Waals surface area (Å²) in [6.45, 7) is 4.39. The lowest BCUT2D eigenvalue weighted by molar-refractivity contribution is 0.0248. The van der Waals surface area contributed by atoms with E-state index in [9.17, 15) is 4.79 Å². The molecule has 0 bridgehead atoms. The average Bonchev–Trinajstić information content (AvgIpc) is 2.94. The van der Waals surface area contributed by atoms with Gasteiger partial charge in [0.05, 0.1) is 5.56 Å². The summed E-state index contributed by atoms with van der Waals surface area (Å²) in [4.78, 5) is 16.7. The first-order valence-corrected chi connectivity index (χ1v) is 16.2. The van der Waals surface area contributed by atoms with Gasteiger partial charge in [-0.15, -0.1) is 0 Å². The van der Waals surface area contributed by atoms with Crippen LogP contribution in [0.1, 0.15) is 165 Å². The molecule has 0 spiro atoms. The van der Waals surface area contributed by atoms with Crippen LogP contribution < -0.4 is 0 Å². The van der Waals surface area contributed by atoms with Gasteiger partial charge in [-0.1, -0.05) is 115 Å². The van der Waals surface area contributed by atoms with Gasteiger partial charge in [0.2, 0.25) is 0 Å². The van der Waals surface area contributed by atoms with Crippen LogP contribution in [0.3, 0.4) is 0 Å². The lowest BCUT2D eigenvalue weighted by Crippen LogP contribution is -2.18. The minimum absolute atomic E-state index is 0.0445. The maximum atomic E-state index is 12.6. The molecule has 1 aromatic heterocycles. The Morgan fingerprint density at radius 1 is 0.632 bits per heavy atom. The molecule has 0 saturated heterocycles. The van der Waals surface area contributed by atoms with Gasteiger partial charge in [-0.25, -0.2) is 4.79 Å². The molecule has 3 nitrogen and oxygen atoms in total. The predicted octanol–water partition coefficient (Wildman–Crippen LogP) is 11.3. The predicted molar refractivity (Wildman–Crippen MR) is 165 cm³/mol. The Balaban J connectivity index is 2.18. The third-order valence-electron chi connectivity index (χ3n) is 7.29. The number of aromatic nitrogens is 1. The van der Waals surface area contributed by atoms with Crippen LogP contribution in [0.2, 0.25) is 0 Å². The highest BCUT2D eigenvalue weighted by molar-refractivity contribution is 5.89. The van der Waals surface area contributed by atoms with E-state index in [1.807, 2.05) is 0 Å². The monoisotopic (exact) mass is 525 g/mol.